The van der Waals surface area contributed by atoms with Gasteiger partial charge >= 0.3 is 6.18 Å². The lowest BCUT2D eigenvalue weighted by Gasteiger charge is -2.21. The Balaban J connectivity index is 1.74. The molecule has 7 heteroatoms. The summed E-state index contributed by atoms with van der Waals surface area (Å²) in [5.41, 5.74) is -0.729. The van der Waals surface area contributed by atoms with Crippen molar-refractivity contribution < 1.29 is 22.8 Å². The van der Waals surface area contributed by atoms with Gasteiger partial charge in [0.05, 0.1) is 12.1 Å². The molecule has 1 aliphatic rings. The standard InChI is InChI=1S/C17H21F3N2O2/c18-17(19,20)14-8-6-13(7-9-14)16(24)22-11-15(23)21-10-12-4-2-1-3-5-12/h6-9,12H,1-5,10-11H2,(H,21,23)(H,22,24). The van der Waals surface area contributed by atoms with E-state index in [-0.39, 0.29) is 18.0 Å². The Labute approximate surface area is 138 Å². The van der Waals surface area contributed by atoms with Crippen molar-refractivity contribution in [3.05, 3.63) is 35.4 Å². The Kier molecular flexibility index (Phi) is 6.23. The zero-order valence-corrected chi connectivity index (χ0v) is 13.3. The van der Waals surface area contributed by atoms with Crippen LogP contribution in [0.25, 0.3) is 0 Å². The van der Waals surface area contributed by atoms with E-state index in [1.165, 1.54) is 19.3 Å². The third kappa shape index (κ3) is 5.54. The highest BCUT2D eigenvalue weighted by Crippen LogP contribution is 2.29. The lowest BCUT2D eigenvalue weighted by Crippen LogP contribution is -2.39. The zero-order valence-electron chi connectivity index (χ0n) is 13.3. The van der Waals surface area contributed by atoms with Gasteiger partial charge in [0.2, 0.25) is 5.91 Å². The van der Waals surface area contributed by atoms with E-state index >= 15 is 0 Å². The number of hydrogen-bond acceptors (Lipinski definition) is 2. The Hall–Kier alpha value is -2.05. The van der Waals surface area contributed by atoms with Crippen molar-refractivity contribution in [1.29, 1.82) is 0 Å². The molecule has 1 aliphatic carbocycles. The number of amides is 2. The molecular weight excluding hydrogens is 321 g/mol. The summed E-state index contributed by atoms with van der Waals surface area (Å²) in [7, 11) is 0. The van der Waals surface area contributed by atoms with Crippen LogP contribution in [0.4, 0.5) is 13.2 Å². The van der Waals surface area contributed by atoms with Crippen molar-refractivity contribution in [2.75, 3.05) is 13.1 Å². The minimum absolute atomic E-state index is 0.0862. The number of rotatable bonds is 5. The molecule has 1 aromatic carbocycles. The van der Waals surface area contributed by atoms with Crippen LogP contribution in [-0.2, 0) is 11.0 Å². The van der Waals surface area contributed by atoms with E-state index in [2.05, 4.69) is 10.6 Å². The number of benzene rings is 1. The lowest BCUT2D eigenvalue weighted by molar-refractivity contribution is -0.137. The highest BCUT2D eigenvalue weighted by Gasteiger charge is 2.30. The second kappa shape index (κ2) is 8.17. The van der Waals surface area contributed by atoms with Crippen molar-refractivity contribution in [2.24, 2.45) is 5.92 Å². The molecule has 132 valence electrons. The van der Waals surface area contributed by atoms with Gasteiger partial charge in [0, 0.05) is 12.1 Å². The van der Waals surface area contributed by atoms with Crippen LogP contribution in [0, 0.1) is 5.92 Å². The Morgan fingerprint density at radius 1 is 1.00 bits per heavy atom. The normalized spacial score (nSPS) is 15.8. The van der Waals surface area contributed by atoms with E-state index in [0.29, 0.717) is 12.5 Å². The summed E-state index contributed by atoms with van der Waals surface area (Å²) in [6.07, 6.45) is 1.40. The molecule has 2 amide bonds. The predicted molar refractivity (Wildman–Crippen MR) is 83.4 cm³/mol. The van der Waals surface area contributed by atoms with Gasteiger partial charge in [0.15, 0.2) is 0 Å². The molecule has 0 spiro atoms. The maximum atomic E-state index is 12.5. The molecular formula is C17H21F3N2O2. The topological polar surface area (TPSA) is 58.2 Å². The number of nitrogens with one attached hydrogen (secondary N) is 2. The number of halogens is 3. The van der Waals surface area contributed by atoms with Gasteiger partial charge in [-0.05, 0) is 43.0 Å². The van der Waals surface area contributed by atoms with Crippen LogP contribution < -0.4 is 10.6 Å². The molecule has 1 fully saturated rings. The maximum absolute atomic E-state index is 12.5. The van der Waals surface area contributed by atoms with Gasteiger partial charge in [-0.25, -0.2) is 0 Å². The van der Waals surface area contributed by atoms with Crippen molar-refractivity contribution in [3.8, 4) is 0 Å². The van der Waals surface area contributed by atoms with E-state index in [1.54, 1.807) is 0 Å². The highest BCUT2D eigenvalue weighted by atomic mass is 19.4. The van der Waals surface area contributed by atoms with Crippen molar-refractivity contribution in [3.63, 3.8) is 0 Å². The van der Waals surface area contributed by atoms with E-state index < -0.39 is 17.6 Å². The monoisotopic (exact) mass is 342 g/mol. The van der Waals surface area contributed by atoms with Crippen LogP contribution in [0.2, 0.25) is 0 Å². The lowest BCUT2D eigenvalue weighted by atomic mass is 9.89. The first-order chi connectivity index (χ1) is 11.4. The summed E-state index contributed by atoms with van der Waals surface area (Å²) in [5.74, 6) is -0.370. The summed E-state index contributed by atoms with van der Waals surface area (Å²) in [4.78, 5) is 23.6. The molecule has 0 unspecified atom stereocenters. The van der Waals surface area contributed by atoms with Crippen LogP contribution in [0.3, 0.4) is 0 Å². The summed E-state index contributed by atoms with van der Waals surface area (Å²) < 4.78 is 37.4. The SMILES string of the molecule is O=C(CNC(=O)c1ccc(C(F)(F)F)cc1)NCC1CCCCC1. The highest BCUT2D eigenvalue weighted by molar-refractivity contribution is 5.96. The van der Waals surface area contributed by atoms with E-state index in [1.807, 2.05) is 0 Å². The van der Waals surface area contributed by atoms with Crippen molar-refractivity contribution in [2.45, 2.75) is 38.3 Å². The molecule has 1 saturated carbocycles. The van der Waals surface area contributed by atoms with Crippen LogP contribution in [0.15, 0.2) is 24.3 Å². The van der Waals surface area contributed by atoms with Crippen molar-refractivity contribution in [1.82, 2.24) is 10.6 Å². The Morgan fingerprint density at radius 2 is 1.62 bits per heavy atom. The third-order valence-corrected chi connectivity index (χ3v) is 4.20. The van der Waals surface area contributed by atoms with Crippen LogP contribution in [0.1, 0.15) is 48.0 Å². The summed E-state index contributed by atoms with van der Waals surface area (Å²) in [6, 6.07) is 3.88. The quantitative estimate of drug-likeness (QED) is 0.864. The summed E-state index contributed by atoms with van der Waals surface area (Å²) in [6.45, 7) is 0.418. The first-order valence-electron chi connectivity index (χ1n) is 8.08. The second-order valence-corrected chi connectivity index (χ2v) is 6.07. The first kappa shape index (κ1) is 18.3. The second-order valence-electron chi connectivity index (χ2n) is 6.07. The average Bonchev–Trinajstić information content (AvgIpc) is 2.58. The fourth-order valence-electron chi connectivity index (χ4n) is 2.79. The Bertz CT molecular complexity index is 564. The van der Waals surface area contributed by atoms with Crippen LogP contribution >= 0.6 is 0 Å². The number of carbonyl (C=O) groups is 2. The molecule has 0 radical (unpaired) electrons. The van der Waals surface area contributed by atoms with E-state index in [0.717, 1.165) is 37.1 Å². The molecule has 1 aromatic rings. The molecule has 0 atom stereocenters. The molecule has 4 nitrogen and oxygen atoms in total. The molecule has 0 bridgehead atoms. The molecule has 0 heterocycles. The van der Waals surface area contributed by atoms with E-state index in [9.17, 15) is 22.8 Å². The maximum Gasteiger partial charge on any atom is 0.416 e. The minimum Gasteiger partial charge on any atom is -0.354 e. The molecule has 2 N–H and O–H groups in total. The van der Waals surface area contributed by atoms with Gasteiger partial charge in [-0.1, -0.05) is 19.3 Å². The molecule has 0 aromatic heterocycles. The predicted octanol–water partition coefficient (Wildman–Crippen LogP) is 3.13. The van der Waals surface area contributed by atoms with Gasteiger partial charge in [-0.2, -0.15) is 13.2 Å². The minimum atomic E-state index is -4.44. The van der Waals surface area contributed by atoms with Gasteiger partial charge in [0.1, 0.15) is 0 Å². The first-order valence-corrected chi connectivity index (χ1v) is 8.08. The van der Waals surface area contributed by atoms with Gasteiger partial charge < -0.3 is 10.6 Å². The molecule has 0 saturated heterocycles. The van der Waals surface area contributed by atoms with Gasteiger partial charge in [-0.15, -0.1) is 0 Å². The van der Waals surface area contributed by atoms with Crippen LogP contribution in [0.5, 0.6) is 0 Å². The molecule has 24 heavy (non-hydrogen) atoms. The number of hydrogen-bond donors (Lipinski definition) is 2. The van der Waals surface area contributed by atoms with Crippen molar-refractivity contribution >= 4 is 11.8 Å². The number of alkyl halides is 3. The Morgan fingerprint density at radius 3 is 2.21 bits per heavy atom. The average molecular weight is 342 g/mol. The van der Waals surface area contributed by atoms with Gasteiger partial charge in [0.25, 0.3) is 5.91 Å². The number of carbonyl (C=O) groups excluding carboxylic acids is 2. The van der Waals surface area contributed by atoms with Crippen LogP contribution in [-0.4, -0.2) is 24.9 Å². The largest absolute Gasteiger partial charge is 0.416 e. The fraction of sp³-hybridized carbons (Fsp3) is 0.529. The summed E-state index contributed by atoms with van der Waals surface area (Å²) in [5, 5.41) is 5.20. The third-order valence-electron chi connectivity index (χ3n) is 4.20. The molecule has 2 rings (SSSR count). The summed E-state index contributed by atoms with van der Waals surface area (Å²) >= 11 is 0. The smallest absolute Gasteiger partial charge is 0.354 e. The van der Waals surface area contributed by atoms with E-state index in [4.69, 9.17) is 0 Å². The molecule has 0 aliphatic heterocycles. The zero-order chi connectivity index (χ0) is 17.6. The fourth-order valence-corrected chi connectivity index (χ4v) is 2.79. The van der Waals surface area contributed by atoms with Gasteiger partial charge in [-0.3, -0.25) is 9.59 Å².